The predicted octanol–water partition coefficient (Wildman–Crippen LogP) is 1.54. The molecule has 1 atom stereocenters. The van der Waals surface area contributed by atoms with E-state index in [0.717, 1.165) is 5.75 Å². The molecule has 1 unspecified atom stereocenters. The lowest BCUT2D eigenvalue weighted by Gasteiger charge is -2.20. The minimum absolute atomic E-state index is 0.217. The average molecular weight is 253 g/mol. The Morgan fingerprint density at radius 2 is 1.87 bits per heavy atom. The van der Waals surface area contributed by atoms with Crippen LogP contribution in [0.1, 0.15) is 27.7 Å². The largest absolute Gasteiger partial charge is 0.312 e. The molecule has 0 radical (unpaired) electrons. The monoisotopic (exact) mass is 253 g/mol. The molecule has 0 saturated carbocycles. The van der Waals surface area contributed by atoms with E-state index in [2.05, 4.69) is 12.2 Å². The number of sulfone groups is 1. The molecule has 0 heterocycles. The van der Waals surface area contributed by atoms with Crippen LogP contribution in [0.4, 0.5) is 0 Å². The standard InChI is InChI=1S/C10H23NO2S2/c1-9(8-14-5)11-6-7-15(12,13)10(2,3)4/h9,11H,6-8H2,1-5H3. The fraction of sp³-hybridized carbons (Fsp3) is 1.00. The SMILES string of the molecule is CSCC(C)NCCS(=O)(=O)C(C)(C)C. The molecule has 0 aliphatic rings. The zero-order valence-corrected chi connectivity index (χ0v) is 12.0. The molecule has 0 fully saturated rings. The summed E-state index contributed by atoms with van der Waals surface area (Å²) in [7, 11) is -2.98. The highest BCUT2D eigenvalue weighted by Crippen LogP contribution is 2.15. The summed E-state index contributed by atoms with van der Waals surface area (Å²) in [5.74, 6) is 1.23. The van der Waals surface area contributed by atoms with E-state index >= 15 is 0 Å². The Labute approximate surface area is 98.3 Å². The lowest BCUT2D eigenvalue weighted by Crippen LogP contribution is -2.37. The van der Waals surface area contributed by atoms with Crippen LogP contribution >= 0.6 is 11.8 Å². The van der Waals surface area contributed by atoms with Gasteiger partial charge in [0, 0.05) is 18.3 Å². The molecule has 0 aromatic rings. The van der Waals surface area contributed by atoms with Crippen molar-refractivity contribution in [1.29, 1.82) is 0 Å². The van der Waals surface area contributed by atoms with Crippen LogP contribution in [0.25, 0.3) is 0 Å². The summed E-state index contributed by atoms with van der Waals surface area (Å²) in [6.07, 6.45) is 2.05. The molecule has 0 aliphatic heterocycles. The van der Waals surface area contributed by atoms with E-state index in [1.807, 2.05) is 6.26 Å². The molecule has 3 nitrogen and oxygen atoms in total. The van der Waals surface area contributed by atoms with Gasteiger partial charge < -0.3 is 5.32 Å². The van der Waals surface area contributed by atoms with E-state index in [-0.39, 0.29) is 5.75 Å². The van der Waals surface area contributed by atoms with Gasteiger partial charge in [0.15, 0.2) is 9.84 Å². The number of rotatable bonds is 6. The van der Waals surface area contributed by atoms with Gasteiger partial charge in [0.25, 0.3) is 0 Å². The Hall–Kier alpha value is 0.260. The fourth-order valence-electron chi connectivity index (χ4n) is 1.05. The first-order chi connectivity index (χ1) is 6.70. The molecular formula is C10H23NO2S2. The lowest BCUT2D eigenvalue weighted by molar-refractivity contribution is 0.550. The van der Waals surface area contributed by atoms with Crippen LogP contribution in [-0.4, -0.2) is 43.5 Å². The highest BCUT2D eigenvalue weighted by atomic mass is 32.2. The van der Waals surface area contributed by atoms with Gasteiger partial charge in [-0.2, -0.15) is 11.8 Å². The van der Waals surface area contributed by atoms with Crippen LogP contribution in [0, 0.1) is 0 Å². The molecule has 1 N–H and O–H groups in total. The summed E-state index contributed by atoms with van der Waals surface area (Å²) in [6.45, 7) is 7.84. The molecular weight excluding hydrogens is 230 g/mol. The predicted molar refractivity (Wildman–Crippen MR) is 69.4 cm³/mol. The van der Waals surface area contributed by atoms with E-state index < -0.39 is 14.6 Å². The minimum atomic E-state index is -2.98. The second-order valence-corrected chi connectivity index (χ2v) is 8.51. The van der Waals surface area contributed by atoms with Crippen molar-refractivity contribution in [3.05, 3.63) is 0 Å². The van der Waals surface area contributed by atoms with Crippen molar-refractivity contribution in [2.45, 2.75) is 38.5 Å². The maximum atomic E-state index is 11.7. The van der Waals surface area contributed by atoms with Crippen LogP contribution in [0.3, 0.4) is 0 Å². The van der Waals surface area contributed by atoms with Crippen molar-refractivity contribution in [2.75, 3.05) is 24.3 Å². The van der Waals surface area contributed by atoms with Crippen LogP contribution in [0.15, 0.2) is 0 Å². The number of thioether (sulfide) groups is 1. The summed E-state index contributed by atoms with van der Waals surface area (Å²) in [4.78, 5) is 0. The molecule has 0 aromatic heterocycles. The molecule has 92 valence electrons. The summed E-state index contributed by atoms with van der Waals surface area (Å²) < 4.78 is 22.9. The van der Waals surface area contributed by atoms with E-state index in [9.17, 15) is 8.42 Å². The Kier molecular flexibility index (Phi) is 6.21. The van der Waals surface area contributed by atoms with Crippen LogP contribution < -0.4 is 5.32 Å². The minimum Gasteiger partial charge on any atom is -0.312 e. The van der Waals surface area contributed by atoms with Crippen molar-refractivity contribution in [1.82, 2.24) is 5.32 Å². The van der Waals surface area contributed by atoms with Gasteiger partial charge in [0.2, 0.25) is 0 Å². The number of hydrogen-bond donors (Lipinski definition) is 1. The summed E-state index contributed by atoms with van der Waals surface area (Å²) >= 11 is 1.76. The molecule has 0 bridgehead atoms. The number of nitrogens with one attached hydrogen (secondary N) is 1. The van der Waals surface area contributed by atoms with Crippen molar-refractivity contribution < 1.29 is 8.42 Å². The lowest BCUT2D eigenvalue weighted by atomic mass is 10.3. The normalized spacial score (nSPS) is 15.3. The highest BCUT2D eigenvalue weighted by Gasteiger charge is 2.28. The molecule has 0 amide bonds. The third-order valence-electron chi connectivity index (χ3n) is 2.21. The van der Waals surface area contributed by atoms with Crippen LogP contribution in [0.2, 0.25) is 0 Å². The Morgan fingerprint density at radius 3 is 2.27 bits per heavy atom. The smallest absolute Gasteiger partial charge is 0.156 e. The van der Waals surface area contributed by atoms with Gasteiger partial charge >= 0.3 is 0 Å². The summed E-state index contributed by atoms with van der Waals surface area (Å²) in [6, 6.07) is 0.371. The average Bonchev–Trinajstić information content (AvgIpc) is 2.01. The van der Waals surface area contributed by atoms with Gasteiger partial charge in [-0.15, -0.1) is 0 Å². The third kappa shape index (κ3) is 5.78. The van der Waals surface area contributed by atoms with Gasteiger partial charge in [0.05, 0.1) is 10.5 Å². The molecule has 15 heavy (non-hydrogen) atoms. The Balaban J connectivity index is 3.97. The second kappa shape index (κ2) is 6.11. The van der Waals surface area contributed by atoms with Gasteiger partial charge in [-0.25, -0.2) is 8.42 Å². The second-order valence-electron chi connectivity index (χ2n) is 4.74. The van der Waals surface area contributed by atoms with Gasteiger partial charge in [-0.3, -0.25) is 0 Å². The fourth-order valence-corrected chi connectivity index (χ4v) is 2.67. The topological polar surface area (TPSA) is 46.2 Å². The summed E-state index contributed by atoms with van der Waals surface area (Å²) in [5.41, 5.74) is 0. The first-order valence-electron chi connectivity index (χ1n) is 5.15. The van der Waals surface area contributed by atoms with E-state index in [1.54, 1.807) is 32.5 Å². The van der Waals surface area contributed by atoms with E-state index in [1.165, 1.54) is 0 Å². The molecule has 0 saturated heterocycles. The molecule has 0 aliphatic carbocycles. The van der Waals surface area contributed by atoms with Crippen LogP contribution in [-0.2, 0) is 9.84 Å². The maximum absolute atomic E-state index is 11.7. The molecule has 0 rings (SSSR count). The number of hydrogen-bond acceptors (Lipinski definition) is 4. The zero-order chi connectivity index (χ0) is 12.1. The van der Waals surface area contributed by atoms with Crippen molar-refractivity contribution >= 4 is 21.6 Å². The summed E-state index contributed by atoms with van der Waals surface area (Å²) in [5, 5.41) is 3.21. The van der Waals surface area contributed by atoms with Crippen LogP contribution in [0.5, 0.6) is 0 Å². The van der Waals surface area contributed by atoms with E-state index in [4.69, 9.17) is 0 Å². The Morgan fingerprint density at radius 1 is 1.33 bits per heavy atom. The highest BCUT2D eigenvalue weighted by molar-refractivity contribution is 7.98. The Bertz CT molecular complexity index is 268. The van der Waals surface area contributed by atoms with Crippen molar-refractivity contribution in [2.24, 2.45) is 0 Å². The maximum Gasteiger partial charge on any atom is 0.156 e. The van der Waals surface area contributed by atoms with Gasteiger partial charge in [0.1, 0.15) is 0 Å². The molecule has 5 heteroatoms. The first kappa shape index (κ1) is 15.3. The quantitative estimate of drug-likeness (QED) is 0.780. The van der Waals surface area contributed by atoms with Gasteiger partial charge in [-0.1, -0.05) is 0 Å². The zero-order valence-electron chi connectivity index (χ0n) is 10.3. The molecule has 0 aromatic carbocycles. The third-order valence-corrected chi connectivity index (χ3v) is 5.65. The molecule has 0 spiro atoms. The van der Waals surface area contributed by atoms with Gasteiger partial charge in [-0.05, 0) is 34.0 Å². The van der Waals surface area contributed by atoms with E-state index in [0.29, 0.717) is 12.6 Å². The van der Waals surface area contributed by atoms with Crippen molar-refractivity contribution in [3.63, 3.8) is 0 Å². The van der Waals surface area contributed by atoms with Crippen molar-refractivity contribution in [3.8, 4) is 0 Å². The first-order valence-corrected chi connectivity index (χ1v) is 8.20.